The summed E-state index contributed by atoms with van der Waals surface area (Å²) < 4.78 is 5.25. The maximum absolute atomic E-state index is 9.92. The third-order valence-electron chi connectivity index (χ3n) is 2.78. The smallest absolute Gasteiger partial charge is 0.168 e. The van der Waals surface area contributed by atoms with Crippen molar-refractivity contribution in [2.45, 2.75) is 26.4 Å². The van der Waals surface area contributed by atoms with E-state index in [-0.39, 0.29) is 0 Å². The summed E-state index contributed by atoms with van der Waals surface area (Å²) in [6.07, 6.45) is 4.78. The van der Waals surface area contributed by atoms with Gasteiger partial charge in [0.1, 0.15) is 5.60 Å². The Morgan fingerprint density at radius 3 is 2.70 bits per heavy atom. The summed E-state index contributed by atoms with van der Waals surface area (Å²) in [5.74, 6) is 0.841. The van der Waals surface area contributed by atoms with Crippen LogP contribution in [0, 0.1) is 0 Å². The number of aliphatic imine (C=N–C) groups is 1. The summed E-state index contributed by atoms with van der Waals surface area (Å²) >= 11 is 0. The number of hydrogen-bond acceptors (Lipinski definition) is 5. The van der Waals surface area contributed by atoms with Crippen LogP contribution in [0.25, 0.3) is 5.57 Å². The standard InChI is InChI=1S/C15H21N3O2/c1-6-12(15(3,4)19)18-9-10(2)11-7-8-17-14(16)13(11)20-5/h6-9,19H,1H2,2-5H3,(H2,16,17)/b10-9+,18-12?. The predicted molar refractivity (Wildman–Crippen MR) is 82.8 cm³/mol. The van der Waals surface area contributed by atoms with Crippen LogP contribution in [0.3, 0.4) is 0 Å². The molecule has 0 radical (unpaired) electrons. The molecule has 0 aliphatic heterocycles. The van der Waals surface area contributed by atoms with E-state index in [1.54, 1.807) is 39.4 Å². The number of hydrogen-bond donors (Lipinski definition) is 2. The zero-order chi connectivity index (χ0) is 15.3. The molecular formula is C15H21N3O2. The molecule has 1 aromatic heterocycles. The van der Waals surface area contributed by atoms with Gasteiger partial charge in [0.2, 0.25) is 0 Å². The van der Waals surface area contributed by atoms with Gasteiger partial charge in [0.05, 0.1) is 12.8 Å². The van der Waals surface area contributed by atoms with Crippen LogP contribution in [0.15, 0.2) is 36.1 Å². The molecule has 0 unspecified atom stereocenters. The number of aromatic nitrogens is 1. The fraction of sp³-hybridized carbons (Fsp3) is 0.333. The number of pyridine rings is 1. The first-order valence-electron chi connectivity index (χ1n) is 6.20. The Morgan fingerprint density at radius 2 is 2.20 bits per heavy atom. The highest BCUT2D eigenvalue weighted by atomic mass is 16.5. The SMILES string of the molecule is C=CC(=N/C=C(\C)c1ccnc(N)c1OC)C(C)(C)O. The van der Waals surface area contributed by atoms with Crippen molar-refractivity contribution >= 4 is 17.1 Å². The highest BCUT2D eigenvalue weighted by Gasteiger charge is 2.17. The van der Waals surface area contributed by atoms with Crippen molar-refractivity contribution in [2.24, 2.45) is 4.99 Å². The molecular weight excluding hydrogens is 254 g/mol. The Balaban J connectivity index is 3.22. The zero-order valence-electron chi connectivity index (χ0n) is 12.3. The van der Waals surface area contributed by atoms with Gasteiger partial charge in [0, 0.05) is 18.0 Å². The number of rotatable bonds is 5. The lowest BCUT2D eigenvalue weighted by Gasteiger charge is -2.16. The highest BCUT2D eigenvalue weighted by molar-refractivity contribution is 6.01. The lowest BCUT2D eigenvalue weighted by atomic mass is 10.0. The van der Waals surface area contributed by atoms with E-state index in [0.717, 1.165) is 11.1 Å². The molecule has 0 bridgehead atoms. The summed E-state index contributed by atoms with van der Waals surface area (Å²) in [6.45, 7) is 8.84. The molecule has 0 saturated carbocycles. The van der Waals surface area contributed by atoms with E-state index < -0.39 is 5.60 Å². The molecule has 0 aromatic carbocycles. The molecule has 20 heavy (non-hydrogen) atoms. The van der Waals surface area contributed by atoms with E-state index in [4.69, 9.17) is 10.5 Å². The van der Waals surface area contributed by atoms with Crippen molar-refractivity contribution in [1.29, 1.82) is 0 Å². The average Bonchev–Trinajstić information content (AvgIpc) is 2.37. The highest BCUT2D eigenvalue weighted by Crippen LogP contribution is 2.29. The van der Waals surface area contributed by atoms with Gasteiger partial charge in [-0.05, 0) is 38.5 Å². The van der Waals surface area contributed by atoms with E-state index in [2.05, 4.69) is 16.6 Å². The van der Waals surface area contributed by atoms with Gasteiger partial charge in [-0.25, -0.2) is 4.98 Å². The van der Waals surface area contributed by atoms with Gasteiger partial charge in [0.15, 0.2) is 11.6 Å². The van der Waals surface area contributed by atoms with Crippen LogP contribution >= 0.6 is 0 Å². The Hall–Kier alpha value is -2.14. The number of nitrogens with zero attached hydrogens (tertiary/aromatic N) is 2. The first-order chi connectivity index (χ1) is 9.31. The maximum atomic E-state index is 9.92. The van der Waals surface area contributed by atoms with E-state index in [1.165, 1.54) is 6.08 Å². The van der Waals surface area contributed by atoms with Gasteiger partial charge in [0.25, 0.3) is 0 Å². The van der Waals surface area contributed by atoms with Crippen molar-refractivity contribution in [3.63, 3.8) is 0 Å². The van der Waals surface area contributed by atoms with Crippen molar-refractivity contribution in [3.05, 3.63) is 36.7 Å². The normalized spacial score (nSPS) is 13.2. The predicted octanol–water partition coefficient (Wildman–Crippen LogP) is 2.43. The molecule has 0 saturated heterocycles. The average molecular weight is 275 g/mol. The molecule has 0 amide bonds. The van der Waals surface area contributed by atoms with Crippen LogP contribution in [0.2, 0.25) is 0 Å². The van der Waals surface area contributed by atoms with Crippen molar-refractivity contribution in [2.75, 3.05) is 12.8 Å². The summed E-state index contributed by atoms with van der Waals surface area (Å²) in [5, 5.41) is 9.92. The minimum absolute atomic E-state index is 0.327. The second-order valence-electron chi connectivity index (χ2n) is 4.87. The van der Waals surface area contributed by atoms with E-state index >= 15 is 0 Å². The largest absolute Gasteiger partial charge is 0.492 e. The molecule has 3 N–H and O–H groups in total. The van der Waals surface area contributed by atoms with Gasteiger partial charge in [-0.3, -0.25) is 4.99 Å². The monoisotopic (exact) mass is 275 g/mol. The molecule has 5 nitrogen and oxygen atoms in total. The number of aliphatic hydroxyl groups is 1. The minimum atomic E-state index is -1.04. The molecule has 0 aliphatic carbocycles. The molecule has 0 aliphatic rings. The fourth-order valence-corrected chi connectivity index (χ4v) is 1.69. The summed E-state index contributed by atoms with van der Waals surface area (Å²) in [4.78, 5) is 8.24. The molecule has 1 rings (SSSR count). The van der Waals surface area contributed by atoms with Crippen LogP contribution in [-0.2, 0) is 0 Å². The van der Waals surface area contributed by atoms with Crippen LogP contribution in [0.1, 0.15) is 26.3 Å². The lowest BCUT2D eigenvalue weighted by Crippen LogP contribution is -2.29. The van der Waals surface area contributed by atoms with Crippen LogP contribution in [0.4, 0.5) is 5.82 Å². The van der Waals surface area contributed by atoms with E-state index in [0.29, 0.717) is 17.3 Å². The maximum Gasteiger partial charge on any atom is 0.168 e. The summed E-state index contributed by atoms with van der Waals surface area (Å²) in [5.41, 5.74) is 6.86. The van der Waals surface area contributed by atoms with Crippen LogP contribution in [0.5, 0.6) is 5.75 Å². The van der Waals surface area contributed by atoms with Gasteiger partial charge in [-0.1, -0.05) is 6.58 Å². The van der Waals surface area contributed by atoms with Gasteiger partial charge in [-0.15, -0.1) is 0 Å². The number of methoxy groups -OCH3 is 1. The topological polar surface area (TPSA) is 80.7 Å². The second-order valence-corrected chi connectivity index (χ2v) is 4.87. The molecule has 0 spiro atoms. The first-order valence-corrected chi connectivity index (χ1v) is 6.20. The van der Waals surface area contributed by atoms with E-state index in [9.17, 15) is 5.11 Å². The third-order valence-corrected chi connectivity index (χ3v) is 2.78. The Kier molecular flexibility index (Phi) is 5.05. The molecule has 108 valence electrons. The van der Waals surface area contributed by atoms with Gasteiger partial charge in [-0.2, -0.15) is 0 Å². The number of anilines is 1. The van der Waals surface area contributed by atoms with Crippen molar-refractivity contribution < 1.29 is 9.84 Å². The molecule has 0 atom stereocenters. The van der Waals surface area contributed by atoms with Crippen molar-refractivity contribution in [1.82, 2.24) is 4.98 Å². The van der Waals surface area contributed by atoms with Crippen LogP contribution in [-0.4, -0.2) is 28.5 Å². The number of ether oxygens (including phenoxy) is 1. The Morgan fingerprint density at radius 1 is 1.55 bits per heavy atom. The van der Waals surface area contributed by atoms with Crippen molar-refractivity contribution in [3.8, 4) is 5.75 Å². The summed E-state index contributed by atoms with van der Waals surface area (Å²) in [6, 6.07) is 1.80. The number of nitrogen functional groups attached to an aromatic ring is 1. The van der Waals surface area contributed by atoms with E-state index in [1.807, 2.05) is 6.92 Å². The van der Waals surface area contributed by atoms with Gasteiger partial charge >= 0.3 is 0 Å². The number of nitrogens with two attached hydrogens (primary N) is 1. The second kappa shape index (κ2) is 6.34. The Labute approximate surface area is 119 Å². The fourth-order valence-electron chi connectivity index (χ4n) is 1.69. The number of allylic oxidation sites excluding steroid dienone is 1. The molecule has 1 heterocycles. The quantitative estimate of drug-likeness (QED) is 0.809. The third kappa shape index (κ3) is 3.68. The summed E-state index contributed by atoms with van der Waals surface area (Å²) in [7, 11) is 1.54. The minimum Gasteiger partial charge on any atom is -0.492 e. The van der Waals surface area contributed by atoms with Crippen LogP contribution < -0.4 is 10.5 Å². The zero-order valence-corrected chi connectivity index (χ0v) is 12.3. The molecule has 1 aromatic rings. The van der Waals surface area contributed by atoms with Gasteiger partial charge < -0.3 is 15.6 Å². The molecule has 5 heteroatoms. The Bertz CT molecular complexity index is 555. The first kappa shape index (κ1) is 15.9. The molecule has 0 fully saturated rings. The lowest BCUT2D eigenvalue weighted by molar-refractivity contribution is 0.155.